The second-order valence-corrected chi connectivity index (χ2v) is 6.30. The maximum atomic E-state index is 11.9. The van der Waals surface area contributed by atoms with E-state index in [1.54, 1.807) is 42.6 Å². The number of amides is 1. The molecule has 0 fully saturated rings. The minimum atomic E-state index is -3.49. The van der Waals surface area contributed by atoms with Crippen LogP contribution < -0.4 is 10.0 Å². The molecule has 7 heteroatoms. The number of carbonyl (C=O) groups is 1. The van der Waals surface area contributed by atoms with Gasteiger partial charge in [0.2, 0.25) is 10.0 Å². The van der Waals surface area contributed by atoms with Crippen molar-refractivity contribution in [2.45, 2.75) is 11.3 Å². The number of pyridine rings is 1. The second-order valence-electron chi connectivity index (χ2n) is 4.54. The number of carbonyl (C=O) groups excluding carboxylic acids is 1. The molecule has 0 spiro atoms. The molecule has 0 atom stereocenters. The van der Waals surface area contributed by atoms with Crippen LogP contribution in [0.25, 0.3) is 0 Å². The van der Waals surface area contributed by atoms with Crippen molar-refractivity contribution < 1.29 is 13.2 Å². The normalized spacial score (nSPS) is 11.1. The minimum Gasteiger partial charge on any atom is -0.351 e. The maximum absolute atomic E-state index is 11.9. The van der Waals surface area contributed by atoms with Gasteiger partial charge < -0.3 is 5.32 Å². The van der Waals surface area contributed by atoms with Crippen LogP contribution in [0.4, 0.5) is 0 Å². The Balaban J connectivity index is 1.73. The molecule has 1 aromatic heterocycles. The zero-order valence-electron chi connectivity index (χ0n) is 11.9. The number of benzene rings is 1. The van der Waals surface area contributed by atoms with Crippen molar-refractivity contribution in [2.24, 2.45) is 0 Å². The van der Waals surface area contributed by atoms with Gasteiger partial charge in [0.05, 0.1) is 4.90 Å². The summed E-state index contributed by atoms with van der Waals surface area (Å²) in [5, 5.41) is 2.69. The predicted octanol–water partition coefficient (Wildman–Crippen LogP) is 1.18. The molecule has 1 amide bonds. The van der Waals surface area contributed by atoms with Crippen LogP contribution in [-0.4, -0.2) is 32.4 Å². The Morgan fingerprint density at radius 3 is 2.41 bits per heavy atom. The fraction of sp³-hybridized carbons (Fsp3) is 0.200. The summed E-state index contributed by atoms with van der Waals surface area (Å²) in [6, 6.07) is 13.2. The number of nitrogens with zero attached hydrogens (tertiary/aromatic N) is 1. The first-order chi connectivity index (χ1) is 10.6. The number of nitrogens with one attached hydrogen (secondary N) is 2. The van der Waals surface area contributed by atoms with E-state index in [1.807, 2.05) is 0 Å². The lowest BCUT2D eigenvalue weighted by molar-refractivity contribution is 0.0948. The highest BCUT2D eigenvalue weighted by Crippen LogP contribution is 2.06. The summed E-state index contributed by atoms with van der Waals surface area (Å²) in [7, 11) is -3.49. The number of rotatable bonds is 7. The molecule has 0 aliphatic rings. The third-order valence-electron chi connectivity index (χ3n) is 2.88. The van der Waals surface area contributed by atoms with E-state index < -0.39 is 10.0 Å². The van der Waals surface area contributed by atoms with Gasteiger partial charge in [0.25, 0.3) is 5.91 Å². The zero-order chi connectivity index (χ0) is 15.8. The molecule has 0 bridgehead atoms. The van der Waals surface area contributed by atoms with Crippen LogP contribution in [0.5, 0.6) is 0 Å². The summed E-state index contributed by atoms with van der Waals surface area (Å²) in [5.41, 5.74) is 0.340. The third-order valence-corrected chi connectivity index (χ3v) is 4.36. The monoisotopic (exact) mass is 319 g/mol. The van der Waals surface area contributed by atoms with Crippen molar-refractivity contribution in [2.75, 3.05) is 13.1 Å². The van der Waals surface area contributed by atoms with Gasteiger partial charge in [-0.1, -0.05) is 24.3 Å². The fourth-order valence-corrected chi connectivity index (χ4v) is 2.86. The zero-order valence-corrected chi connectivity index (χ0v) is 12.7. The average molecular weight is 319 g/mol. The lowest BCUT2D eigenvalue weighted by Crippen LogP contribution is -2.30. The van der Waals surface area contributed by atoms with E-state index >= 15 is 0 Å². The van der Waals surface area contributed by atoms with E-state index in [0.717, 1.165) is 0 Å². The molecule has 0 saturated carbocycles. The van der Waals surface area contributed by atoms with Crippen LogP contribution in [0.1, 0.15) is 16.9 Å². The highest BCUT2D eigenvalue weighted by Gasteiger charge is 2.12. The van der Waals surface area contributed by atoms with E-state index in [0.29, 0.717) is 18.7 Å². The van der Waals surface area contributed by atoms with Gasteiger partial charge >= 0.3 is 0 Å². The second kappa shape index (κ2) is 7.67. The third kappa shape index (κ3) is 4.64. The van der Waals surface area contributed by atoms with Crippen LogP contribution in [0.3, 0.4) is 0 Å². The lowest BCUT2D eigenvalue weighted by atomic mass is 10.3. The van der Waals surface area contributed by atoms with Crippen LogP contribution >= 0.6 is 0 Å². The minimum absolute atomic E-state index is 0.229. The molecule has 1 aromatic carbocycles. The molecule has 22 heavy (non-hydrogen) atoms. The summed E-state index contributed by atoms with van der Waals surface area (Å²) >= 11 is 0. The molecule has 116 valence electrons. The van der Waals surface area contributed by atoms with Gasteiger partial charge in [-0.15, -0.1) is 0 Å². The first-order valence-corrected chi connectivity index (χ1v) is 8.32. The first kappa shape index (κ1) is 16.1. The quantitative estimate of drug-likeness (QED) is 0.750. The van der Waals surface area contributed by atoms with Crippen LogP contribution in [0, 0.1) is 0 Å². The molecule has 2 aromatic rings. The largest absolute Gasteiger partial charge is 0.351 e. The Morgan fingerprint density at radius 1 is 1.00 bits per heavy atom. The number of aromatic nitrogens is 1. The van der Waals surface area contributed by atoms with E-state index in [4.69, 9.17) is 0 Å². The number of hydrogen-bond donors (Lipinski definition) is 2. The molecule has 6 nitrogen and oxygen atoms in total. The van der Waals surface area contributed by atoms with Crippen molar-refractivity contribution in [3.05, 3.63) is 60.4 Å². The Kier molecular flexibility index (Phi) is 5.62. The summed E-state index contributed by atoms with van der Waals surface area (Å²) in [6.07, 6.45) is 2.04. The van der Waals surface area contributed by atoms with Gasteiger partial charge in [0.1, 0.15) is 5.69 Å². The molecule has 1 heterocycles. The number of sulfonamides is 1. The summed E-state index contributed by atoms with van der Waals surface area (Å²) in [4.78, 5) is 15.9. The predicted molar refractivity (Wildman–Crippen MR) is 82.8 cm³/mol. The molecule has 2 N–H and O–H groups in total. The van der Waals surface area contributed by atoms with Gasteiger partial charge in [0, 0.05) is 19.3 Å². The summed E-state index contributed by atoms with van der Waals surface area (Å²) in [6.45, 7) is 0.618. The highest BCUT2D eigenvalue weighted by molar-refractivity contribution is 7.89. The topological polar surface area (TPSA) is 88.2 Å². The van der Waals surface area contributed by atoms with Crippen molar-refractivity contribution in [1.82, 2.24) is 15.0 Å². The molecular weight excluding hydrogens is 302 g/mol. The Labute approximate surface area is 129 Å². The Hall–Kier alpha value is -2.25. The fourth-order valence-electron chi connectivity index (χ4n) is 1.77. The van der Waals surface area contributed by atoms with Gasteiger partial charge in [-0.05, 0) is 30.7 Å². The van der Waals surface area contributed by atoms with E-state index in [1.165, 1.54) is 12.1 Å². The van der Waals surface area contributed by atoms with Gasteiger partial charge in [-0.2, -0.15) is 0 Å². The van der Waals surface area contributed by atoms with Crippen molar-refractivity contribution in [3.8, 4) is 0 Å². The first-order valence-electron chi connectivity index (χ1n) is 6.83. The van der Waals surface area contributed by atoms with E-state index in [-0.39, 0.29) is 17.3 Å². The molecule has 0 saturated heterocycles. The molecular formula is C15H17N3O3S. The van der Waals surface area contributed by atoms with Crippen LogP contribution in [-0.2, 0) is 10.0 Å². The smallest absolute Gasteiger partial charge is 0.269 e. The van der Waals surface area contributed by atoms with Gasteiger partial charge in [-0.25, -0.2) is 13.1 Å². The van der Waals surface area contributed by atoms with E-state index in [2.05, 4.69) is 15.0 Å². The summed E-state index contributed by atoms with van der Waals surface area (Å²) in [5.74, 6) is -0.272. The SMILES string of the molecule is O=C(NCCCNS(=O)(=O)c1ccccc1)c1ccccn1. The average Bonchev–Trinajstić information content (AvgIpc) is 2.56. The van der Waals surface area contributed by atoms with Crippen molar-refractivity contribution >= 4 is 15.9 Å². The molecule has 0 aliphatic carbocycles. The van der Waals surface area contributed by atoms with Crippen LogP contribution in [0.2, 0.25) is 0 Å². The Bertz CT molecular complexity index is 703. The lowest BCUT2D eigenvalue weighted by Gasteiger charge is -2.07. The molecule has 0 radical (unpaired) electrons. The molecule has 0 unspecified atom stereocenters. The van der Waals surface area contributed by atoms with Gasteiger partial charge in [0.15, 0.2) is 0 Å². The van der Waals surface area contributed by atoms with Crippen molar-refractivity contribution in [1.29, 1.82) is 0 Å². The molecule has 2 rings (SSSR count). The van der Waals surface area contributed by atoms with E-state index in [9.17, 15) is 13.2 Å². The van der Waals surface area contributed by atoms with Crippen LogP contribution in [0.15, 0.2) is 59.6 Å². The van der Waals surface area contributed by atoms with Gasteiger partial charge in [-0.3, -0.25) is 9.78 Å². The highest BCUT2D eigenvalue weighted by atomic mass is 32.2. The number of hydrogen-bond acceptors (Lipinski definition) is 4. The standard InChI is InChI=1S/C15H17N3O3S/c19-15(14-9-4-5-10-16-14)17-11-6-12-18-22(20,21)13-7-2-1-3-8-13/h1-5,7-10,18H,6,11-12H2,(H,17,19). The molecule has 0 aliphatic heterocycles. The van der Waals surface area contributed by atoms with Crippen molar-refractivity contribution in [3.63, 3.8) is 0 Å². The maximum Gasteiger partial charge on any atom is 0.269 e. The Morgan fingerprint density at radius 2 is 1.73 bits per heavy atom. The summed E-state index contributed by atoms with van der Waals surface area (Å²) < 4.78 is 26.4.